The van der Waals surface area contributed by atoms with Gasteiger partial charge in [-0.1, -0.05) is 0 Å². The lowest BCUT2D eigenvalue weighted by molar-refractivity contribution is 0.210. The van der Waals surface area contributed by atoms with Gasteiger partial charge in [-0.15, -0.1) is 0 Å². The largest absolute Gasteiger partial charge is 0.384 e. The number of aromatic nitrogens is 4. The molecule has 0 aliphatic carbocycles. The van der Waals surface area contributed by atoms with Gasteiger partial charge in [-0.05, 0) is 6.07 Å². The van der Waals surface area contributed by atoms with Crippen LogP contribution >= 0.6 is 0 Å². The number of aliphatic hydroxyl groups is 1. The number of nitrogens with two attached hydrogens (primary N) is 1. The molecule has 2 rings (SSSR count). The number of H-pyrrole nitrogens is 1. The molecular formula is C8H11N5O. The van der Waals surface area contributed by atoms with Gasteiger partial charge in [0.15, 0.2) is 0 Å². The van der Waals surface area contributed by atoms with Crippen LogP contribution in [0, 0.1) is 0 Å². The molecule has 0 aromatic carbocycles. The minimum absolute atomic E-state index is 0.374. The number of hydrogen-bond acceptors (Lipinski definition) is 4. The Labute approximate surface area is 80.4 Å². The first-order valence-corrected chi connectivity index (χ1v) is 4.15. The smallest absolute Gasteiger partial charge is 0.126 e. The van der Waals surface area contributed by atoms with Gasteiger partial charge >= 0.3 is 0 Å². The van der Waals surface area contributed by atoms with Crippen LogP contribution in [0.15, 0.2) is 18.5 Å². The molecule has 6 heteroatoms. The van der Waals surface area contributed by atoms with Gasteiger partial charge in [-0.3, -0.25) is 9.78 Å². The van der Waals surface area contributed by atoms with Crippen molar-refractivity contribution in [3.05, 3.63) is 29.7 Å². The number of aromatic amines is 1. The molecule has 74 valence electrons. The molecular weight excluding hydrogens is 182 g/mol. The molecule has 0 aliphatic rings. The SMILES string of the molecule is Cn1nccc1C(O)c1cn[nH]c1N. The van der Waals surface area contributed by atoms with Crippen molar-refractivity contribution < 1.29 is 5.11 Å². The summed E-state index contributed by atoms with van der Waals surface area (Å²) in [5.41, 5.74) is 6.83. The van der Waals surface area contributed by atoms with Crippen molar-refractivity contribution in [2.45, 2.75) is 6.10 Å². The van der Waals surface area contributed by atoms with E-state index in [0.717, 1.165) is 0 Å². The maximum atomic E-state index is 9.93. The van der Waals surface area contributed by atoms with E-state index in [1.54, 1.807) is 24.0 Å². The summed E-state index contributed by atoms with van der Waals surface area (Å²) in [6.07, 6.45) is 2.34. The zero-order valence-electron chi connectivity index (χ0n) is 7.68. The molecule has 1 atom stereocenters. The van der Waals surface area contributed by atoms with Crippen LogP contribution in [0.2, 0.25) is 0 Å². The van der Waals surface area contributed by atoms with Crippen LogP contribution in [0.4, 0.5) is 5.82 Å². The van der Waals surface area contributed by atoms with Gasteiger partial charge < -0.3 is 10.8 Å². The highest BCUT2D eigenvalue weighted by molar-refractivity contribution is 5.41. The number of hydrogen-bond donors (Lipinski definition) is 3. The first-order chi connectivity index (χ1) is 6.70. The maximum Gasteiger partial charge on any atom is 0.126 e. The fraction of sp³-hybridized carbons (Fsp3) is 0.250. The van der Waals surface area contributed by atoms with Crippen molar-refractivity contribution >= 4 is 5.82 Å². The molecule has 0 amide bonds. The Morgan fingerprint density at radius 2 is 2.43 bits per heavy atom. The number of aliphatic hydroxyl groups excluding tert-OH is 1. The number of nitrogens with one attached hydrogen (secondary N) is 1. The van der Waals surface area contributed by atoms with Gasteiger partial charge in [-0.25, -0.2) is 0 Å². The normalized spacial score (nSPS) is 13.0. The van der Waals surface area contributed by atoms with Gasteiger partial charge in [-0.2, -0.15) is 10.2 Å². The van der Waals surface area contributed by atoms with Crippen molar-refractivity contribution in [1.29, 1.82) is 0 Å². The molecule has 0 bridgehead atoms. The van der Waals surface area contributed by atoms with Crippen LogP contribution in [0.1, 0.15) is 17.4 Å². The topological polar surface area (TPSA) is 92.7 Å². The van der Waals surface area contributed by atoms with E-state index < -0.39 is 6.10 Å². The number of rotatable bonds is 2. The summed E-state index contributed by atoms with van der Waals surface area (Å²) in [4.78, 5) is 0. The fourth-order valence-electron chi connectivity index (χ4n) is 1.34. The standard InChI is InChI=1S/C8H11N5O/c1-13-6(2-3-11-13)7(14)5-4-10-12-8(5)9/h2-4,7,14H,1H3,(H3,9,10,12). The van der Waals surface area contributed by atoms with Gasteiger partial charge in [0.2, 0.25) is 0 Å². The van der Waals surface area contributed by atoms with Crippen molar-refractivity contribution in [2.75, 3.05) is 5.73 Å². The van der Waals surface area contributed by atoms with Crippen LogP contribution in [0.25, 0.3) is 0 Å². The zero-order chi connectivity index (χ0) is 10.1. The molecule has 0 spiro atoms. The predicted octanol–water partition coefficient (Wildman–Crippen LogP) is -0.193. The van der Waals surface area contributed by atoms with Crippen molar-refractivity contribution in [2.24, 2.45) is 7.05 Å². The monoisotopic (exact) mass is 193 g/mol. The lowest BCUT2D eigenvalue weighted by atomic mass is 10.1. The quantitative estimate of drug-likeness (QED) is 0.616. The third kappa shape index (κ3) is 1.25. The molecule has 0 fully saturated rings. The molecule has 6 nitrogen and oxygen atoms in total. The molecule has 0 saturated heterocycles. The average molecular weight is 193 g/mol. The fourth-order valence-corrected chi connectivity index (χ4v) is 1.34. The van der Waals surface area contributed by atoms with Crippen molar-refractivity contribution in [1.82, 2.24) is 20.0 Å². The molecule has 2 aromatic heterocycles. The Morgan fingerprint density at radius 1 is 1.64 bits per heavy atom. The van der Waals surface area contributed by atoms with E-state index >= 15 is 0 Å². The third-order valence-electron chi connectivity index (χ3n) is 2.13. The number of aryl methyl sites for hydroxylation is 1. The van der Waals surface area contributed by atoms with E-state index in [2.05, 4.69) is 15.3 Å². The number of nitrogen functional groups attached to an aromatic ring is 1. The molecule has 0 saturated carbocycles. The Kier molecular flexibility index (Phi) is 1.97. The molecule has 1 unspecified atom stereocenters. The van der Waals surface area contributed by atoms with Crippen molar-refractivity contribution in [3.8, 4) is 0 Å². The second-order valence-electron chi connectivity index (χ2n) is 3.02. The highest BCUT2D eigenvalue weighted by Gasteiger charge is 2.17. The zero-order valence-corrected chi connectivity index (χ0v) is 7.68. The summed E-state index contributed by atoms with van der Waals surface area (Å²) in [5.74, 6) is 0.374. The number of anilines is 1. The van der Waals surface area contributed by atoms with E-state index in [0.29, 0.717) is 17.1 Å². The minimum Gasteiger partial charge on any atom is -0.384 e. The summed E-state index contributed by atoms with van der Waals surface area (Å²) in [7, 11) is 1.76. The second kappa shape index (κ2) is 3.15. The summed E-state index contributed by atoms with van der Waals surface area (Å²) in [6, 6.07) is 1.73. The summed E-state index contributed by atoms with van der Waals surface area (Å²) in [5, 5.41) is 20.2. The van der Waals surface area contributed by atoms with E-state index in [9.17, 15) is 5.11 Å². The minimum atomic E-state index is -0.791. The van der Waals surface area contributed by atoms with Crippen LogP contribution in [-0.2, 0) is 7.05 Å². The van der Waals surface area contributed by atoms with Gasteiger partial charge in [0.05, 0.1) is 11.9 Å². The summed E-state index contributed by atoms with van der Waals surface area (Å²) >= 11 is 0. The predicted molar refractivity (Wildman–Crippen MR) is 50.3 cm³/mol. The van der Waals surface area contributed by atoms with E-state index in [1.165, 1.54) is 6.20 Å². The average Bonchev–Trinajstić information content (AvgIpc) is 2.73. The Bertz CT molecular complexity index is 392. The third-order valence-corrected chi connectivity index (χ3v) is 2.13. The van der Waals surface area contributed by atoms with E-state index in [-0.39, 0.29) is 0 Å². The Balaban J connectivity index is 2.38. The second-order valence-corrected chi connectivity index (χ2v) is 3.02. The van der Waals surface area contributed by atoms with Gasteiger partial charge in [0.25, 0.3) is 0 Å². The lowest BCUT2D eigenvalue weighted by Crippen LogP contribution is -2.07. The highest BCUT2D eigenvalue weighted by Crippen LogP contribution is 2.23. The summed E-state index contributed by atoms with van der Waals surface area (Å²) in [6.45, 7) is 0. The van der Waals surface area contributed by atoms with E-state index in [1.807, 2.05) is 0 Å². The van der Waals surface area contributed by atoms with Crippen LogP contribution in [0.3, 0.4) is 0 Å². The van der Waals surface area contributed by atoms with Crippen LogP contribution in [0.5, 0.6) is 0 Å². The van der Waals surface area contributed by atoms with E-state index in [4.69, 9.17) is 5.73 Å². The molecule has 14 heavy (non-hydrogen) atoms. The van der Waals surface area contributed by atoms with Crippen molar-refractivity contribution in [3.63, 3.8) is 0 Å². The first-order valence-electron chi connectivity index (χ1n) is 4.15. The lowest BCUT2D eigenvalue weighted by Gasteiger charge is -2.09. The number of nitrogens with zero attached hydrogens (tertiary/aromatic N) is 3. The maximum absolute atomic E-state index is 9.93. The van der Waals surface area contributed by atoms with Crippen LogP contribution in [-0.4, -0.2) is 25.1 Å². The molecule has 4 N–H and O–H groups in total. The van der Waals surface area contributed by atoms with Gasteiger partial charge in [0, 0.05) is 18.8 Å². The van der Waals surface area contributed by atoms with Crippen LogP contribution < -0.4 is 5.73 Å². The molecule has 2 aromatic rings. The molecule has 2 heterocycles. The highest BCUT2D eigenvalue weighted by atomic mass is 16.3. The Morgan fingerprint density at radius 3 is 2.93 bits per heavy atom. The summed E-state index contributed by atoms with van der Waals surface area (Å²) < 4.78 is 1.59. The molecule has 0 aliphatic heterocycles. The van der Waals surface area contributed by atoms with Gasteiger partial charge in [0.1, 0.15) is 11.9 Å². The Hall–Kier alpha value is -1.82. The molecule has 0 radical (unpaired) electrons. The first kappa shape index (κ1) is 8.76.